The minimum Gasteiger partial charge on any atom is -0.489 e. The van der Waals surface area contributed by atoms with Crippen molar-refractivity contribution in [2.45, 2.75) is 19.4 Å². The molecule has 1 aromatic carbocycles. The molecule has 1 aromatic rings. The van der Waals surface area contributed by atoms with Crippen LogP contribution in [0.15, 0.2) is 18.2 Å². The van der Waals surface area contributed by atoms with E-state index in [9.17, 15) is 4.79 Å². The summed E-state index contributed by atoms with van der Waals surface area (Å²) >= 11 is 17.1. The van der Waals surface area contributed by atoms with Gasteiger partial charge in [0, 0.05) is 18.4 Å². The first-order valence-corrected chi connectivity index (χ1v) is 6.76. The predicted octanol–water partition coefficient (Wildman–Crippen LogP) is 3.51. The van der Waals surface area contributed by atoms with E-state index in [-0.39, 0.29) is 12.0 Å². The van der Waals surface area contributed by atoms with Crippen molar-refractivity contribution < 1.29 is 9.53 Å². The number of nitrogens with one attached hydrogen (secondary N) is 1. The average Bonchev–Trinajstić information content (AvgIpc) is 2.32. The van der Waals surface area contributed by atoms with Crippen LogP contribution in [0, 0.1) is 0 Å². The zero-order chi connectivity index (χ0) is 13.5. The second kappa shape index (κ2) is 7.72. The summed E-state index contributed by atoms with van der Waals surface area (Å²) < 4.78 is 5.59. The molecule has 18 heavy (non-hydrogen) atoms. The molecule has 0 aliphatic heterocycles. The van der Waals surface area contributed by atoms with Gasteiger partial charge in [0.2, 0.25) is 5.91 Å². The van der Waals surface area contributed by atoms with E-state index in [1.165, 1.54) is 0 Å². The number of rotatable bonds is 6. The summed E-state index contributed by atoms with van der Waals surface area (Å²) in [6.45, 7) is 2.26. The van der Waals surface area contributed by atoms with Crippen molar-refractivity contribution in [3.05, 3.63) is 28.2 Å². The van der Waals surface area contributed by atoms with Gasteiger partial charge in [-0.3, -0.25) is 4.79 Å². The fourth-order valence-corrected chi connectivity index (χ4v) is 1.72. The fraction of sp³-hybridized carbons (Fsp3) is 0.417. The molecule has 1 amide bonds. The fourth-order valence-electron chi connectivity index (χ4n) is 1.26. The second-order valence-electron chi connectivity index (χ2n) is 3.75. The molecule has 0 fully saturated rings. The average molecular weight is 311 g/mol. The Bertz CT molecular complexity index is 412. The van der Waals surface area contributed by atoms with Crippen LogP contribution in [-0.2, 0) is 4.79 Å². The lowest BCUT2D eigenvalue weighted by Gasteiger charge is -2.15. The molecule has 6 heteroatoms. The molecule has 0 heterocycles. The quantitative estimate of drug-likeness (QED) is 0.817. The van der Waals surface area contributed by atoms with Crippen molar-refractivity contribution in [2.75, 3.05) is 12.4 Å². The zero-order valence-electron chi connectivity index (χ0n) is 9.88. The number of halogens is 3. The van der Waals surface area contributed by atoms with Crippen LogP contribution in [0.2, 0.25) is 10.0 Å². The highest BCUT2D eigenvalue weighted by Gasteiger charge is 2.08. The van der Waals surface area contributed by atoms with Gasteiger partial charge in [0.1, 0.15) is 11.9 Å². The van der Waals surface area contributed by atoms with Crippen molar-refractivity contribution in [1.82, 2.24) is 5.32 Å². The van der Waals surface area contributed by atoms with Crippen LogP contribution in [0.3, 0.4) is 0 Å². The van der Waals surface area contributed by atoms with Crippen LogP contribution in [0.4, 0.5) is 0 Å². The number of amides is 1. The topological polar surface area (TPSA) is 38.3 Å². The molecule has 100 valence electrons. The molecule has 0 aliphatic rings. The molecule has 0 aliphatic carbocycles. The lowest BCUT2D eigenvalue weighted by atomic mass is 10.3. The van der Waals surface area contributed by atoms with E-state index in [4.69, 9.17) is 39.5 Å². The van der Waals surface area contributed by atoms with Gasteiger partial charge < -0.3 is 10.1 Å². The van der Waals surface area contributed by atoms with E-state index < -0.39 is 0 Å². The summed E-state index contributed by atoms with van der Waals surface area (Å²) in [5.41, 5.74) is 0. The van der Waals surface area contributed by atoms with Crippen LogP contribution in [0.5, 0.6) is 5.75 Å². The van der Waals surface area contributed by atoms with Gasteiger partial charge in [-0.15, -0.1) is 11.6 Å². The number of carbonyl (C=O) groups is 1. The van der Waals surface area contributed by atoms with E-state index in [1.807, 2.05) is 6.92 Å². The number of hydrogen-bond donors (Lipinski definition) is 1. The van der Waals surface area contributed by atoms with E-state index in [0.29, 0.717) is 34.6 Å². The first-order valence-electron chi connectivity index (χ1n) is 5.47. The zero-order valence-corrected chi connectivity index (χ0v) is 12.1. The molecule has 0 bridgehead atoms. The molecule has 0 radical (unpaired) electrons. The standard InChI is InChI=1S/C12H14Cl3NO2/c1-8(7-16-12(17)4-5-13)18-9-2-3-10(14)11(15)6-9/h2-3,6,8H,4-5,7H2,1H3,(H,16,17). The van der Waals surface area contributed by atoms with Gasteiger partial charge in [-0.1, -0.05) is 23.2 Å². The van der Waals surface area contributed by atoms with E-state index in [0.717, 1.165) is 0 Å². The van der Waals surface area contributed by atoms with Crippen molar-refractivity contribution in [1.29, 1.82) is 0 Å². The van der Waals surface area contributed by atoms with Crippen molar-refractivity contribution in [3.63, 3.8) is 0 Å². The molecule has 0 aromatic heterocycles. The van der Waals surface area contributed by atoms with Crippen molar-refractivity contribution >= 4 is 40.7 Å². The van der Waals surface area contributed by atoms with Crippen LogP contribution in [-0.4, -0.2) is 24.4 Å². The third kappa shape index (κ3) is 5.34. The summed E-state index contributed by atoms with van der Waals surface area (Å²) in [5.74, 6) is 0.839. The lowest BCUT2D eigenvalue weighted by Crippen LogP contribution is -2.33. The van der Waals surface area contributed by atoms with Crippen LogP contribution in [0.1, 0.15) is 13.3 Å². The number of benzene rings is 1. The Hall–Kier alpha value is -0.640. The van der Waals surface area contributed by atoms with Gasteiger partial charge in [-0.05, 0) is 19.1 Å². The maximum absolute atomic E-state index is 11.2. The molecule has 1 N–H and O–H groups in total. The lowest BCUT2D eigenvalue weighted by molar-refractivity contribution is -0.121. The Kier molecular flexibility index (Phi) is 6.61. The van der Waals surface area contributed by atoms with Gasteiger partial charge in [0.15, 0.2) is 0 Å². The Morgan fingerprint density at radius 1 is 1.39 bits per heavy atom. The van der Waals surface area contributed by atoms with E-state index in [2.05, 4.69) is 5.32 Å². The number of carbonyl (C=O) groups excluding carboxylic acids is 1. The first-order chi connectivity index (χ1) is 8.52. The monoisotopic (exact) mass is 309 g/mol. The van der Waals surface area contributed by atoms with E-state index in [1.54, 1.807) is 18.2 Å². The smallest absolute Gasteiger partial charge is 0.221 e. The normalized spacial score (nSPS) is 12.0. The molecule has 0 saturated carbocycles. The molecule has 1 atom stereocenters. The Morgan fingerprint density at radius 3 is 2.72 bits per heavy atom. The van der Waals surface area contributed by atoms with Gasteiger partial charge in [0.05, 0.1) is 16.6 Å². The molecule has 3 nitrogen and oxygen atoms in total. The van der Waals surface area contributed by atoms with Crippen LogP contribution in [0.25, 0.3) is 0 Å². The van der Waals surface area contributed by atoms with Gasteiger partial charge in [0.25, 0.3) is 0 Å². The summed E-state index contributed by atoms with van der Waals surface area (Å²) in [6, 6.07) is 5.03. The minimum absolute atomic E-state index is 0.0883. The molecule has 1 rings (SSSR count). The Labute approximate surface area is 121 Å². The second-order valence-corrected chi connectivity index (χ2v) is 4.94. The Morgan fingerprint density at radius 2 is 2.11 bits per heavy atom. The molecular formula is C12H14Cl3NO2. The summed E-state index contributed by atoms with van der Waals surface area (Å²) in [4.78, 5) is 11.2. The number of alkyl halides is 1. The summed E-state index contributed by atoms with van der Waals surface area (Å²) in [6.07, 6.45) is 0.141. The van der Waals surface area contributed by atoms with Crippen LogP contribution >= 0.6 is 34.8 Å². The summed E-state index contributed by atoms with van der Waals surface area (Å²) in [5, 5.41) is 3.64. The maximum atomic E-state index is 11.2. The molecule has 0 saturated heterocycles. The SMILES string of the molecule is CC(CNC(=O)CCCl)Oc1ccc(Cl)c(Cl)c1. The number of ether oxygens (including phenoxy) is 1. The highest BCUT2D eigenvalue weighted by Crippen LogP contribution is 2.26. The van der Waals surface area contributed by atoms with Crippen molar-refractivity contribution in [3.8, 4) is 5.75 Å². The van der Waals surface area contributed by atoms with Crippen molar-refractivity contribution in [2.24, 2.45) is 0 Å². The van der Waals surface area contributed by atoms with Gasteiger partial charge >= 0.3 is 0 Å². The minimum atomic E-state index is -0.165. The predicted molar refractivity (Wildman–Crippen MR) is 74.9 cm³/mol. The Balaban J connectivity index is 2.42. The highest BCUT2D eigenvalue weighted by atomic mass is 35.5. The maximum Gasteiger partial charge on any atom is 0.221 e. The van der Waals surface area contributed by atoms with E-state index >= 15 is 0 Å². The van der Waals surface area contributed by atoms with Gasteiger partial charge in [-0.25, -0.2) is 0 Å². The highest BCUT2D eigenvalue weighted by molar-refractivity contribution is 6.42. The first kappa shape index (κ1) is 15.4. The summed E-state index contributed by atoms with van der Waals surface area (Å²) in [7, 11) is 0. The third-order valence-corrected chi connectivity index (χ3v) is 3.06. The number of hydrogen-bond acceptors (Lipinski definition) is 2. The van der Waals surface area contributed by atoms with Crippen LogP contribution < -0.4 is 10.1 Å². The third-order valence-electron chi connectivity index (χ3n) is 2.14. The molecule has 1 unspecified atom stereocenters. The van der Waals surface area contributed by atoms with Gasteiger partial charge in [-0.2, -0.15) is 0 Å². The molecular weight excluding hydrogens is 296 g/mol. The molecule has 0 spiro atoms. The largest absolute Gasteiger partial charge is 0.489 e.